The second-order valence-electron chi connectivity index (χ2n) is 7.87. The summed E-state index contributed by atoms with van der Waals surface area (Å²) in [5, 5.41) is 0. The lowest BCUT2D eigenvalue weighted by molar-refractivity contribution is -0.150. The number of piperazine rings is 1. The van der Waals surface area contributed by atoms with Crippen molar-refractivity contribution in [3.05, 3.63) is 0 Å². The van der Waals surface area contributed by atoms with E-state index in [9.17, 15) is 9.59 Å². The Morgan fingerprint density at radius 2 is 1.58 bits per heavy atom. The number of amides is 1. The molecule has 0 bridgehead atoms. The number of hydrogen-bond acceptors (Lipinski definition) is 5. The van der Waals surface area contributed by atoms with Gasteiger partial charge in [-0.25, -0.2) is 4.79 Å². The van der Waals surface area contributed by atoms with Crippen molar-refractivity contribution in [2.45, 2.75) is 64.5 Å². The lowest BCUT2D eigenvalue weighted by atomic mass is 9.83. The van der Waals surface area contributed by atoms with Crippen LogP contribution in [-0.4, -0.2) is 66.8 Å². The minimum Gasteiger partial charge on any atom is -0.468 e. The van der Waals surface area contributed by atoms with Gasteiger partial charge in [0.25, 0.3) is 0 Å². The van der Waals surface area contributed by atoms with Gasteiger partial charge in [0.1, 0.15) is 11.6 Å². The van der Waals surface area contributed by atoms with Gasteiger partial charge in [0, 0.05) is 26.2 Å². The first-order chi connectivity index (χ1) is 11.3. The molecule has 1 amide bonds. The Labute approximate surface area is 145 Å². The van der Waals surface area contributed by atoms with Crippen LogP contribution in [0.3, 0.4) is 0 Å². The summed E-state index contributed by atoms with van der Waals surface area (Å²) < 4.78 is 10.5. The van der Waals surface area contributed by atoms with Crippen LogP contribution in [0.2, 0.25) is 0 Å². The van der Waals surface area contributed by atoms with Gasteiger partial charge in [0.05, 0.1) is 7.11 Å². The van der Waals surface area contributed by atoms with Crippen LogP contribution < -0.4 is 0 Å². The molecule has 1 saturated carbocycles. The van der Waals surface area contributed by atoms with Gasteiger partial charge in [-0.3, -0.25) is 9.69 Å². The number of carbonyl (C=O) groups is 2. The normalized spacial score (nSPS) is 22.1. The highest BCUT2D eigenvalue weighted by molar-refractivity contribution is 5.76. The lowest BCUT2D eigenvalue weighted by Gasteiger charge is -2.41. The molecule has 0 radical (unpaired) electrons. The highest BCUT2D eigenvalue weighted by atomic mass is 16.6. The number of methoxy groups -OCH3 is 1. The minimum atomic E-state index is -0.481. The fourth-order valence-corrected chi connectivity index (χ4v) is 3.72. The quantitative estimate of drug-likeness (QED) is 0.739. The predicted octanol–water partition coefficient (Wildman–Crippen LogP) is 2.66. The van der Waals surface area contributed by atoms with Crippen LogP contribution >= 0.6 is 0 Å². The van der Waals surface area contributed by atoms with Crippen molar-refractivity contribution >= 4 is 12.1 Å². The third kappa shape index (κ3) is 5.10. The molecule has 2 rings (SSSR count). The summed E-state index contributed by atoms with van der Waals surface area (Å²) >= 11 is 0. The van der Waals surface area contributed by atoms with Crippen molar-refractivity contribution in [3.63, 3.8) is 0 Å². The average Bonchev–Trinajstić information content (AvgIpc) is 2.55. The van der Waals surface area contributed by atoms with E-state index in [-0.39, 0.29) is 18.1 Å². The third-order valence-electron chi connectivity index (χ3n) is 4.90. The predicted molar refractivity (Wildman–Crippen MR) is 91.8 cm³/mol. The van der Waals surface area contributed by atoms with Crippen LogP contribution in [0.1, 0.15) is 52.9 Å². The molecule has 1 aliphatic carbocycles. The van der Waals surface area contributed by atoms with Crippen molar-refractivity contribution in [3.8, 4) is 0 Å². The number of carbonyl (C=O) groups excluding carboxylic acids is 2. The van der Waals surface area contributed by atoms with Crippen LogP contribution in [0, 0.1) is 5.92 Å². The van der Waals surface area contributed by atoms with Gasteiger partial charge in [0.15, 0.2) is 0 Å². The molecule has 0 aromatic carbocycles. The Kier molecular flexibility index (Phi) is 6.49. The molecule has 24 heavy (non-hydrogen) atoms. The molecule has 1 atom stereocenters. The Morgan fingerprint density at radius 1 is 1.00 bits per heavy atom. The summed E-state index contributed by atoms with van der Waals surface area (Å²) in [4.78, 5) is 28.5. The molecule has 1 saturated heterocycles. The topological polar surface area (TPSA) is 59.1 Å². The van der Waals surface area contributed by atoms with E-state index in [0.717, 1.165) is 12.8 Å². The number of ether oxygens (including phenoxy) is 2. The molecule has 1 heterocycles. The zero-order valence-corrected chi connectivity index (χ0v) is 15.5. The molecule has 6 heteroatoms. The second kappa shape index (κ2) is 8.19. The molecular weight excluding hydrogens is 308 g/mol. The Morgan fingerprint density at radius 3 is 2.08 bits per heavy atom. The fraction of sp³-hybridized carbons (Fsp3) is 0.889. The van der Waals surface area contributed by atoms with Crippen molar-refractivity contribution in [1.29, 1.82) is 0 Å². The number of hydrogen-bond donors (Lipinski definition) is 0. The van der Waals surface area contributed by atoms with Crippen molar-refractivity contribution in [1.82, 2.24) is 9.80 Å². The van der Waals surface area contributed by atoms with Gasteiger partial charge in [-0.1, -0.05) is 19.3 Å². The number of nitrogens with zero attached hydrogens (tertiary/aromatic N) is 2. The maximum Gasteiger partial charge on any atom is 0.410 e. The highest BCUT2D eigenvalue weighted by Gasteiger charge is 2.37. The van der Waals surface area contributed by atoms with Gasteiger partial charge in [-0.05, 0) is 39.5 Å². The molecule has 2 fully saturated rings. The Hall–Kier alpha value is -1.30. The van der Waals surface area contributed by atoms with E-state index >= 15 is 0 Å². The monoisotopic (exact) mass is 340 g/mol. The Balaban J connectivity index is 1.94. The number of rotatable bonds is 3. The molecule has 1 aliphatic heterocycles. The molecular formula is C18H32N2O4. The van der Waals surface area contributed by atoms with Gasteiger partial charge >= 0.3 is 12.1 Å². The molecule has 138 valence electrons. The first kappa shape index (κ1) is 19.0. The highest BCUT2D eigenvalue weighted by Crippen LogP contribution is 2.30. The van der Waals surface area contributed by atoms with Gasteiger partial charge in [0.2, 0.25) is 0 Å². The minimum absolute atomic E-state index is 0.132. The van der Waals surface area contributed by atoms with Crippen molar-refractivity contribution < 1.29 is 19.1 Å². The molecule has 0 N–H and O–H groups in total. The van der Waals surface area contributed by atoms with Gasteiger partial charge < -0.3 is 14.4 Å². The molecule has 1 unspecified atom stereocenters. The summed E-state index contributed by atoms with van der Waals surface area (Å²) in [6, 6.07) is -0.170. The van der Waals surface area contributed by atoms with Gasteiger partial charge in [-0.2, -0.15) is 0 Å². The van der Waals surface area contributed by atoms with E-state index in [1.807, 2.05) is 20.8 Å². The summed E-state index contributed by atoms with van der Waals surface area (Å²) in [5.74, 6) is 0.242. The Bertz CT molecular complexity index is 433. The average molecular weight is 340 g/mol. The van der Waals surface area contributed by atoms with Crippen molar-refractivity contribution in [2.75, 3.05) is 33.3 Å². The van der Waals surface area contributed by atoms with E-state index in [1.165, 1.54) is 26.4 Å². The number of esters is 1. The van der Waals surface area contributed by atoms with E-state index in [1.54, 1.807) is 4.90 Å². The zero-order chi connectivity index (χ0) is 17.7. The third-order valence-corrected chi connectivity index (χ3v) is 4.90. The molecule has 2 aliphatic rings. The SMILES string of the molecule is COC(=O)C(C1CCCCC1)N1CCN(C(=O)OC(C)(C)C)CC1. The maximum atomic E-state index is 12.3. The molecule has 6 nitrogen and oxygen atoms in total. The van der Waals surface area contributed by atoms with Crippen LogP contribution in [0.4, 0.5) is 4.79 Å². The summed E-state index contributed by atoms with van der Waals surface area (Å²) in [6.07, 6.45) is 5.55. The van der Waals surface area contributed by atoms with E-state index in [0.29, 0.717) is 32.1 Å². The molecule has 0 spiro atoms. The smallest absolute Gasteiger partial charge is 0.410 e. The summed E-state index contributed by atoms with van der Waals surface area (Å²) in [5.41, 5.74) is -0.481. The summed E-state index contributed by atoms with van der Waals surface area (Å²) in [7, 11) is 1.47. The molecule has 0 aromatic heterocycles. The van der Waals surface area contributed by atoms with Crippen LogP contribution in [0.5, 0.6) is 0 Å². The lowest BCUT2D eigenvalue weighted by Crippen LogP contribution is -2.57. The van der Waals surface area contributed by atoms with E-state index in [4.69, 9.17) is 9.47 Å². The first-order valence-corrected chi connectivity index (χ1v) is 9.11. The van der Waals surface area contributed by atoms with E-state index in [2.05, 4.69) is 4.90 Å². The second-order valence-corrected chi connectivity index (χ2v) is 7.87. The summed E-state index contributed by atoms with van der Waals surface area (Å²) in [6.45, 7) is 8.18. The van der Waals surface area contributed by atoms with Gasteiger partial charge in [-0.15, -0.1) is 0 Å². The van der Waals surface area contributed by atoms with Crippen LogP contribution in [0.25, 0.3) is 0 Å². The fourth-order valence-electron chi connectivity index (χ4n) is 3.72. The standard InChI is InChI=1S/C18H32N2O4/c1-18(2,3)24-17(22)20-12-10-19(11-13-20)15(16(21)23-4)14-8-6-5-7-9-14/h14-15H,5-13H2,1-4H3. The van der Waals surface area contributed by atoms with Crippen LogP contribution in [0.15, 0.2) is 0 Å². The molecule has 0 aromatic rings. The van der Waals surface area contributed by atoms with Crippen molar-refractivity contribution in [2.24, 2.45) is 5.92 Å². The largest absolute Gasteiger partial charge is 0.468 e. The van der Waals surface area contributed by atoms with E-state index < -0.39 is 5.60 Å². The first-order valence-electron chi connectivity index (χ1n) is 9.11. The zero-order valence-electron chi connectivity index (χ0n) is 15.5. The maximum absolute atomic E-state index is 12.3. The van der Waals surface area contributed by atoms with Crippen LogP contribution in [-0.2, 0) is 14.3 Å².